The standard InChI is InChI=1S/C27H37N3O5/c1-27(2,3)35-18-11-13-29(14-12-18)21-5-4-6-23(21)34-19-7-8-20-17(15-19)16-30(26(20)33)22-9-10-24(31)28-25(22)32/h7-8,15,18,21-23H,4-6,9-14,16H2,1-3H3,(H,28,31,32)/t21-,22?,23-/m1/s1. The van der Waals surface area contributed by atoms with Gasteiger partial charge in [-0.25, -0.2) is 0 Å². The Morgan fingerprint density at radius 2 is 1.77 bits per heavy atom. The van der Waals surface area contributed by atoms with Crippen molar-refractivity contribution in [3.63, 3.8) is 0 Å². The number of nitrogens with zero attached hydrogens (tertiary/aromatic N) is 2. The highest BCUT2D eigenvalue weighted by Crippen LogP contribution is 2.34. The summed E-state index contributed by atoms with van der Waals surface area (Å²) >= 11 is 0. The van der Waals surface area contributed by atoms with E-state index in [-0.39, 0.29) is 35.8 Å². The van der Waals surface area contributed by atoms with Gasteiger partial charge in [-0.1, -0.05) is 0 Å². The number of nitrogens with one attached hydrogen (secondary N) is 1. The molecule has 2 saturated heterocycles. The zero-order chi connectivity index (χ0) is 24.7. The molecule has 8 heteroatoms. The average Bonchev–Trinajstić information content (AvgIpc) is 3.38. The average molecular weight is 484 g/mol. The van der Waals surface area contributed by atoms with E-state index in [1.54, 1.807) is 4.90 Å². The molecule has 35 heavy (non-hydrogen) atoms. The zero-order valence-corrected chi connectivity index (χ0v) is 21.0. The summed E-state index contributed by atoms with van der Waals surface area (Å²) < 4.78 is 12.7. The van der Waals surface area contributed by atoms with Gasteiger partial charge in [0.2, 0.25) is 11.8 Å². The second-order valence-corrected chi connectivity index (χ2v) is 11.3. The number of carbonyl (C=O) groups excluding carboxylic acids is 3. The van der Waals surface area contributed by atoms with Crippen molar-refractivity contribution in [1.82, 2.24) is 15.1 Å². The van der Waals surface area contributed by atoms with Crippen molar-refractivity contribution in [2.45, 2.75) is 102 Å². The fourth-order valence-electron chi connectivity index (χ4n) is 6.09. The van der Waals surface area contributed by atoms with Crippen molar-refractivity contribution in [3.8, 4) is 5.75 Å². The largest absolute Gasteiger partial charge is 0.489 e. The molecule has 8 nitrogen and oxygen atoms in total. The topological polar surface area (TPSA) is 88.2 Å². The molecule has 0 spiro atoms. The van der Waals surface area contributed by atoms with Crippen molar-refractivity contribution >= 4 is 17.7 Å². The van der Waals surface area contributed by atoms with Gasteiger partial charge < -0.3 is 14.4 Å². The Balaban J connectivity index is 1.21. The Hall–Kier alpha value is -2.45. The normalized spacial score (nSPS) is 28.4. The van der Waals surface area contributed by atoms with Crippen molar-refractivity contribution < 1.29 is 23.9 Å². The minimum atomic E-state index is -0.596. The Morgan fingerprint density at radius 1 is 1.00 bits per heavy atom. The molecule has 0 aromatic heterocycles. The second kappa shape index (κ2) is 9.54. The number of amides is 3. The predicted octanol–water partition coefficient (Wildman–Crippen LogP) is 3.03. The summed E-state index contributed by atoms with van der Waals surface area (Å²) in [4.78, 5) is 40.9. The number of piperidine rings is 2. The number of benzene rings is 1. The molecule has 0 bridgehead atoms. The minimum absolute atomic E-state index is 0.103. The number of imide groups is 1. The van der Waals surface area contributed by atoms with Crippen LogP contribution in [0.3, 0.4) is 0 Å². The second-order valence-electron chi connectivity index (χ2n) is 11.3. The molecule has 3 amide bonds. The van der Waals surface area contributed by atoms with E-state index in [2.05, 4.69) is 31.0 Å². The Bertz CT molecular complexity index is 995. The van der Waals surface area contributed by atoms with E-state index < -0.39 is 6.04 Å². The molecule has 1 N–H and O–H groups in total. The van der Waals surface area contributed by atoms with Crippen LogP contribution in [0.1, 0.15) is 81.6 Å². The lowest BCUT2D eigenvalue weighted by Crippen LogP contribution is -2.52. The summed E-state index contributed by atoms with van der Waals surface area (Å²) in [5.74, 6) is -0.0304. The third-order valence-electron chi connectivity index (χ3n) is 7.67. The highest BCUT2D eigenvalue weighted by Gasteiger charge is 2.40. The lowest BCUT2D eigenvalue weighted by molar-refractivity contribution is -0.136. The van der Waals surface area contributed by atoms with Crippen LogP contribution in [0, 0.1) is 0 Å². The summed E-state index contributed by atoms with van der Waals surface area (Å²) in [5, 5.41) is 2.35. The van der Waals surface area contributed by atoms with Crippen LogP contribution in [-0.4, -0.2) is 70.5 Å². The lowest BCUT2D eigenvalue weighted by atomic mass is 10.0. The van der Waals surface area contributed by atoms with Gasteiger partial charge in [-0.05, 0) is 83.1 Å². The summed E-state index contributed by atoms with van der Waals surface area (Å²) in [6, 6.07) is 5.46. The maximum absolute atomic E-state index is 13.0. The van der Waals surface area contributed by atoms with Crippen LogP contribution in [0.15, 0.2) is 18.2 Å². The van der Waals surface area contributed by atoms with Crippen LogP contribution in [0.4, 0.5) is 0 Å². The van der Waals surface area contributed by atoms with E-state index in [0.717, 1.165) is 56.5 Å². The van der Waals surface area contributed by atoms with E-state index in [9.17, 15) is 14.4 Å². The Labute approximate surface area is 207 Å². The molecule has 1 aromatic carbocycles. The van der Waals surface area contributed by atoms with Crippen LogP contribution >= 0.6 is 0 Å². The number of carbonyl (C=O) groups is 3. The van der Waals surface area contributed by atoms with Gasteiger partial charge in [0, 0.05) is 37.7 Å². The van der Waals surface area contributed by atoms with E-state index in [0.29, 0.717) is 30.7 Å². The minimum Gasteiger partial charge on any atom is -0.489 e. The van der Waals surface area contributed by atoms with Crippen LogP contribution in [0.2, 0.25) is 0 Å². The van der Waals surface area contributed by atoms with Gasteiger partial charge >= 0.3 is 0 Å². The molecule has 3 atom stereocenters. The van der Waals surface area contributed by atoms with Crippen molar-refractivity contribution in [2.75, 3.05) is 13.1 Å². The number of rotatable bonds is 5. The molecule has 0 radical (unpaired) electrons. The molecule has 5 rings (SSSR count). The maximum Gasteiger partial charge on any atom is 0.255 e. The molecule has 1 aromatic rings. The lowest BCUT2D eigenvalue weighted by Gasteiger charge is -2.40. The van der Waals surface area contributed by atoms with E-state index in [1.807, 2.05) is 18.2 Å². The van der Waals surface area contributed by atoms with E-state index in [4.69, 9.17) is 9.47 Å². The predicted molar refractivity (Wildman–Crippen MR) is 130 cm³/mol. The number of ether oxygens (including phenoxy) is 2. The molecule has 190 valence electrons. The Morgan fingerprint density at radius 3 is 2.49 bits per heavy atom. The number of fused-ring (bicyclic) bond motifs is 1. The number of likely N-dealkylation sites (tertiary alicyclic amines) is 1. The highest BCUT2D eigenvalue weighted by molar-refractivity contribution is 6.05. The maximum atomic E-state index is 13.0. The molecular weight excluding hydrogens is 446 g/mol. The Kier molecular flexibility index (Phi) is 6.61. The van der Waals surface area contributed by atoms with Gasteiger partial charge in [0.25, 0.3) is 5.91 Å². The molecule has 3 aliphatic heterocycles. The first-order chi connectivity index (χ1) is 16.7. The molecule has 1 aliphatic carbocycles. The number of hydrogen-bond acceptors (Lipinski definition) is 6. The van der Waals surface area contributed by atoms with Gasteiger partial charge in [0.15, 0.2) is 0 Å². The van der Waals surface area contributed by atoms with Crippen LogP contribution < -0.4 is 10.1 Å². The molecule has 3 heterocycles. The fourth-order valence-corrected chi connectivity index (χ4v) is 6.09. The molecule has 4 aliphatic rings. The van der Waals surface area contributed by atoms with Gasteiger partial charge in [-0.15, -0.1) is 0 Å². The van der Waals surface area contributed by atoms with Gasteiger partial charge in [-0.3, -0.25) is 24.6 Å². The summed E-state index contributed by atoms with van der Waals surface area (Å²) in [6.07, 6.45) is 6.52. The molecule has 3 fully saturated rings. The van der Waals surface area contributed by atoms with Crippen molar-refractivity contribution in [1.29, 1.82) is 0 Å². The third-order valence-corrected chi connectivity index (χ3v) is 7.67. The van der Waals surface area contributed by atoms with Crippen LogP contribution in [-0.2, 0) is 20.9 Å². The zero-order valence-electron chi connectivity index (χ0n) is 21.0. The van der Waals surface area contributed by atoms with Crippen LogP contribution in [0.5, 0.6) is 5.75 Å². The van der Waals surface area contributed by atoms with Crippen LogP contribution in [0.25, 0.3) is 0 Å². The first kappa shape index (κ1) is 24.3. The molecular formula is C27H37N3O5. The van der Waals surface area contributed by atoms with E-state index >= 15 is 0 Å². The van der Waals surface area contributed by atoms with Gasteiger partial charge in [-0.2, -0.15) is 0 Å². The summed E-state index contributed by atoms with van der Waals surface area (Å²) in [6.45, 7) is 8.79. The number of hydrogen-bond donors (Lipinski definition) is 1. The summed E-state index contributed by atoms with van der Waals surface area (Å²) in [5.41, 5.74) is 1.40. The van der Waals surface area contributed by atoms with E-state index in [1.165, 1.54) is 0 Å². The molecule has 1 saturated carbocycles. The first-order valence-corrected chi connectivity index (χ1v) is 13.0. The molecule has 1 unspecified atom stereocenters. The monoisotopic (exact) mass is 483 g/mol. The first-order valence-electron chi connectivity index (χ1n) is 13.0. The van der Waals surface area contributed by atoms with Gasteiger partial charge in [0.1, 0.15) is 17.9 Å². The summed E-state index contributed by atoms with van der Waals surface area (Å²) in [7, 11) is 0. The van der Waals surface area contributed by atoms with Gasteiger partial charge in [0.05, 0.1) is 11.7 Å². The SMILES string of the molecule is CC(C)(C)OC1CCN([C@@H]2CCC[C@H]2Oc2ccc3c(c2)CN(C2CCC(=O)NC2=O)C3=O)CC1. The quantitative estimate of drug-likeness (QED) is 0.648. The third kappa shape index (κ3) is 5.23. The fraction of sp³-hybridized carbons (Fsp3) is 0.667. The highest BCUT2D eigenvalue weighted by atomic mass is 16.5. The smallest absolute Gasteiger partial charge is 0.255 e. The van der Waals surface area contributed by atoms with Crippen molar-refractivity contribution in [3.05, 3.63) is 29.3 Å². The van der Waals surface area contributed by atoms with Crippen molar-refractivity contribution in [2.24, 2.45) is 0 Å².